The number of hydrogen-bond donors (Lipinski definition) is 4. The van der Waals surface area contributed by atoms with Gasteiger partial charge in [-0.3, -0.25) is 9.47 Å². The predicted molar refractivity (Wildman–Crippen MR) is 107 cm³/mol. The summed E-state index contributed by atoms with van der Waals surface area (Å²) in [6.45, 7) is 3.48. The van der Waals surface area contributed by atoms with Crippen LogP contribution in [0.5, 0.6) is 11.5 Å². The van der Waals surface area contributed by atoms with Crippen LogP contribution in [-0.4, -0.2) is 48.9 Å². The van der Waals surface area contributed by atoms with Crippen LogP contribution in [0.2, 0.25) is 0 Å². The summed E-state index contributed by atoms with van der Waals surface area (Å²) in [5, 5.41) is 29.8. The zero-order valence-corrected chi connectivity index (χ0v) is 15.7. The normalized spacial score (nSPS) is 18.4. The number of aromatic amines is 1. The molecule has 1 fully saturated rings. The van der Waals surface area contributed by atoms with Crippen molar-refractivity contribution < 1.29 is 15.3 Å². The van der Waals surface area contributed by atoms with E-state index in [4.69, 9.17) is 0 Å². The van der Waals surface area contributed by atoms with E-state index in [1.54, 1.807) is 6.07 Å². The van der Waals surface area contributed by atoms with Crippen LogP contribution in [0.4, 0.5) is 0 Å². The van der Waals surface area contributed by atoms with E-state index in [-0.39, 0.29) is 29.3 Å². The standard InChI is InChI=1S/C21H25N3O4/c1-13(20(27)14-6-7-18(25)19(26)12-14)23-10-8-15(9-11-23)24-17-5-3-2-4-16(17)22-21(24)28/h2-7,12-13,15,20,25-27H,8-11H2,1H3,(H,22,28). The Balaban J connectivity index is 1.46. The van der Waals surface area contributed by atoms with Gasteiger partial charge in [0.2, 0.25) is 0 Å². The SMILES string of the molecule is CC(C(O)c1ccc(O)c(O)c1)N1CCC(n2c(=O)[nH]c3ccccc32)CC1. The maximum Gasteiger partial charge on any atom is 0.326 e. The Hall–Kier alpha value is -2.77. The molecule has 0 spiro atoms. The smallest absolute Gasteiger partial charge is 0.326 e. The average molecular weight is 383 g/mol. The Morgan fingerprint density at radius 3 is 2.50 bits per heavy atom. The number of aliphatic hydroxyl groups excluding tert-OH is 1. The molecule has 1 saturated heterocycles. The van der Waals surface area contributed by atoms with Crippen molar-refractivity contribution in [3.8, 4) is 11.5 Å². The van der Waals surface area contributed by atoms with E-state index in [0.717, 1.165) is 37.0 Å². The zero-order chi connectivity index (χ0) is 19.8. The third kappa shape index (κ3) is 3.27. The number of aliphatic hydroxyl groups is 1. The van der Waals surface area contributed by atoms with Crippen molar-refractivity contribution in [2.24, 2.45) is 0 Å². The topological polar surface area (TPSA) is 102 Å². The molecule has 2 unspecified atom stereocenters. The van der Waals surface area contributed by atoms with Crippen molar-refractivity contribution in [2.75, 3.05) is 13.1 Å². The maximum atomic E-state index is 12.4. The van der Waals surface area contributed by atoms with Gasteiger partial charge in [-0.05, 0) is 49.6 Å². The highest BCUT2D eigenvalue weighted by Crippen LogP contribution is 2.32. The highest BCUT2D eigenvalue weighted by Gasteiger charge is 2.29. The number of likely N-dealkylation sites (tertiary alicyclic amines) is 1. The maximum absolute atomic E-state index is 12.4. The van der Waals surface area contributed by atoms with Crippen LogP contribution in [0.1, 0.15) is 37.5 Å². The number of nitrogens with zero attached hydrogens (tertiary/aromatic N) is 2. The molecular weight excluding hydrogens is 358 g/mol. The van der Waals surface area contributed by atoms with Gasteiger partial charge < -0.3 is 20.3 Å². The van der Waals surface area contributed by atoms with Gasteiger partial charge in [0.05, 0.1) is 17.1 Å². The van der Waals surface area contributed by atoms with E-state index in [2.05, 4.69) is 9.88 Å². The number of aromatic nitrogens is 2. The van der Waals surface area contributed by atoms with E-state index >= 15 is 0 Å². The zero-order valence-electron chi connectivity index (χ0n) is 15.7. The van der Waals surface area contributed by atoms with Crippen LogP contribution in [0, 0.1) is 0 Å². The van der Waals surface area contributed by atoms with Gasteiger partial charge in [-0.1, -0.05) is 18.2 Å². The molecule has 148 valence electrons. The van der Waals surface area contributed by atoms with Crippen molar-refractivity contribution in [1.82, 2.24) is 14.5 Å². The number of rotatable bonds is 4. The fourth-order valence-corrected chi connectivity index (χ4v) is 4.19. The van der Waals surface area contributed by atoms with Gasteiger partial charge in [0.15, 0.2) is 11.5 Å². The van der Waals surface area contributed by atoms with Gasteiger partial charge in [-0.25, -0.2) is 4.79 Å². The molecule has 0 bridgehead atoms. The predicted octanol–water partition coefficient (Wildman–Crippen LogP) is 2.50. The van der Waals surface area contributed by atoms with Crippen LogP contribution in [0.25, 0.3) is 11.0 Å². The van der Waals surface area contributed by atoms with E-state index in [1.165, 1.54) is 12.1 Å². The number of phenolic OH excluding ortho intramolecular Hbond substituents is 2. The first-order valence-corrected chi connectivity index (χ1v) is 9.59. The Kier molecular flexibility index (Phi) is 4.87. The second kappa shape index (κ2) is 7.33. The molecule has 1 aliphatic rings. The molecule has 4 N–H and O–H groups in total. The summed E-state index contributed by atoms with van der Waals surface area (Å²) >= 11 is 0. The number of phenols is 2. The highest BCUT2D eigenvalue weighted by atomic mass is 16.3. The first-order chi connectivity index (χ1) is 13.5. The molecule has 1 aromatic heterocycles. The summed E-state index contributed by atoms with van der Waals surface area (Å²) in [5.41, 5.74) is 2.27. The average Bonchev–Trinajstić information content (AvgIpc) is 3.04. The fourth-order valence-electron chi connectivity index (χ4n) is 4.19. The lowest BCUT2D eigenvalue weighted by Gasteiger charge is -2.38. The van der Waals surface area contributed by atoms with E-state index in [0.29, 0.717) is 5.56 Å². The number of benzene rings is 2. The summed E-state index contributed by atoms with van der Waals surface area (Å²) in [6.07, 6.45) is 0.859. The second-order valence-electron chi connectivity index (χ2n) is 7.52. The summed E-state index contributed by atoms with van der Waals surface area (Å²) in [7, 11) is 0. The Bertz CT molecular complexity index is 1030. The largest absolute Gasteiger partial charge is 0.504 e. The lowest BCUT2D eigenvalue weighted by atomic mass is 9.97. The first kappa shape index (κ1) is 18.6. The Morgan fingerprint density at radius 1 is 1.07 bits per heavy atom. The van der Waals surface area contributed by atoms with Crippen LogP contribution < -0.4 is 5.69 Å². The summed E-state index contributed by atoms with van der Waals surface area (Å²) < 4.78 is 1.85. The number of fused-ring (bicyclic) bond motifs is 1. The van der Waals surface area contributed by atoms with Gasteiger partial charge in [0.1, 0.15) is 0 Å². The number of para-hydroxylation sites is 2. The van der Waals surface area contributed by atoms with Crippen molar-refractivity contribution in [2.45, 2.75) is 38.0 Å². The Morgan fingerprint density at radius 2 is 1.79 bits per heavy atom. The minimum absolute atomic E-state index is 0.0766. The van der Waals surface area contributed by atoms with Crippen LogP contribution >= 0.6 is 0 Å². The third-order valence-corrected chi connectivity index (χ3v) is 5.86. The molecule has 28 heavy (non-hydrogen) atoms. The third-order valence-electron chi connectivity index (χ3n) is 5.86. The molecule has 1 aliphatic heterocycles. The van der Waals surface area contributed by atoms with Crippen molar-refractivity contribution in [3.05, 3.63) is 58.5 Å². The van der Waals surface area contributed by atoms with Gasteiger partial charge in [0.25, 0.3) is 0 Å². The summed E-state index contributed by atoms with van der Waals surface area (Å²) in [6, 6.07) is 12.1. The molecule has 4 rings (SSSR count). The number of aromatic hydroxyl groups is 2. The van der Waals surface area contributed by atoms with Crippen LogP contribution in [0.15, 0.2) is 47.3 Å². The fraction of sp³-hybridized carbons (Fsp3) is 0.381. The second-order valence-corrected chi connectivity index (χ2v) is 7.52. The highest BCUT2D eigenvalue weighted by molar-refractivity contribution is 5.75. The first-order valence-electron chi connectivity index (χ1n) is 9.59. The lowest BCUT2D eigenvalue weighted by molar-refractivity contribution is 0.0385. The quantitative estimate of drug-likeness (QED) is 0.519. The van der Waals surface area contributed by atoms with Crippen molar-refractivity contribution >= 4 is 11.0 Å². The van der Waals surface area contributed by atoms with E-state index < -0.39 is 6.10 Å². The van der Waals surface area contributed by atoms with Crippen molar-refractivity contribution in [1.29, 1.82) is 0 Å². The Labute approximate surface area is 162 Å². The number of imidazole rings is 1. The minimum atomic E-state index is -0.779. The number of nitrogens with one attached hydrogen (secondary N) is 1. The van der Waals surface area contributed by atoms with Gasteiger partial charge in [-0.2, -0.15) is 0 Å². The van der Waals surface area contributed by atoms with Crippen LogP contribution in [0.3, 0.4) is 0 Å². The molecule has 0 radical (unpaired) electrons. The molecule has 2 atom stereocenters. The van der Waals surface area contributed by atoms with Crippen LogP contribution in [-0.2, 0) is 0 Å². The monoisotopic (exact) mass is 383 g/mol. The molecule has 2 heterocycles. The minimum Gasteiger partial charge on any atom is -0.504 e. The number of H-pyrrole nitrogens is 1. The van der Waals surface area contributed by atoms with Gasteiger partial charge in [0, 0.05) is 25.2 Å². The lowest BCUT2D eigenvalue weighted by Crippen LogP contribution is -2.44. The molecule has 2 aromatic carbocycles. The molecule has 0 amide bonds. The molecule has 0 aliphatic carbocycles. The molecule has 7 heteroatoms. The van der Waals surface area contributed by atoms with E-state index in [9.17, 15) is 20.1 Å². The summed E-state index contributed by atoms with van der Waals surface area (Å²) in [5.74, 6) is -0.435. The molecule has 0 saturated carbocycles. The van der Waals surface area contributed by atoms with Gasteiger partial charge in [-0.15, -0.1) is 0 Å². The molecule has 3 aromatic rings. The number of piperidine rings is 1. The van der Waals surface area contributed by atoms with Crippen molar-refractivity contribution in [3.63, 3.8) is 0 Å². The van der Waals surface area contributed by atoms with Gasteiger partial charge >= 0.3 is 5.69 Å². The molecular formula is C21H25N3O4. The summed E-state index contributed by atoms with van der Waals surface area (Å²) in [4.78, 5) is 17.5. The number of hydrogen-bond acceptors (Lipinski definition) is 5. The van der Waals surface area contributed by atoms with E-state index in [1.807, 2.05) is 35.8 Å². The molecule has 7 nitrogen and oxygen atoms in total.